The molecule has 0 fully saturated rings. The fourth-order valence-corrected chi connectivity index (χ4v) is 4.05. The summed E-state index contributed by atoms with van der Waals surface area (Å²) >= 11 is 0. The van der Waals surface area contributed by atoms with Gasteiger partial charge >= 0.3 is 11.9 Å². The summed E-state index contributed by atoms with van der Waals surface area (Å²) in [5, 5.41) is 18.4. The largest absolute Gasteiger partial charge is 0.493 e. The normalized spacial score (nSPS) is 11.4. The lowest BCUT2D eigenvalue weighted by Gasteiger charge is -2.27. The zero-order valence-electron chi connectivity index (χ0n) is 21.0. The van der Waals surface area contributed by atoms with E-state index in [1.165, 1.54) is 28.1 Å². The third-order valence-electron chi connectivity index (χ3n) is 5.85. The molecule has 0 radical (unpaired) electrons. The van der Waals surface area contributed by atoms with Gasteiger partial charge in [0.1, 0.15) is 0 Å². The molecule has 3 aromatic carbocycles. The van der Waals surface area contributed by atoms with E-state index in [4.69, 9.17) is 29.3 Å². The van der Waals surface area contributed by atoms with Crippen LogP contribution < -0.4 is 19.7 Å². The van der Waals surface area contributed by atoms with Crippen LogP contribution in [0.15, 0.2) is 66.7 Å². The number of rotatable bonds is 9. The van der Waals surface area contributed by atoms with Crippen LogP contribution >= 0.6 is 0 Å². The lowest BCUT2D eigenvalue weighted by Crippen LogP contribution is -2.25. The summed E-state index contributed by atoms with van der Waals surface area (Å²) in [6, 6.07) is 23.4. The maximum Gasteiger partial charge on any atom is 0.414 e. The molecular formula is C29H32N2O6. The molecule has 3 N–H and O–H groups in total. The molecule has 8 nitrogen and oxygen atoms in total. The average molecular weight is 505 g/mol. The second-order valence-corrected chi connectivity index (χ2v) is 8.26. The highest BCUT2D eigenvalue weighted by Gasteiger charge is 2.16. The Kier molecular flexibility index (Phi) is 10.1. The number of aliphatic carboxylic acids is 2. The fourth-order valence-electron chi connectivity index (χ4n) is 4.05. The highest BCUT2D eigenvalue weighted by atomic mass is 16.5. The summed E-state index contributed by atoms with van der Waals surface area (Å²) in [5.74, 6) is -2.09. The van der Waals surface area contributed by atoms with E-state index in [1.54, 1.807) is 14.2 Å². The molecule has 0 spiro atoms. The van der Waals surface area contributed by atoms with Crippen molar-refractivity contribution < 1.29 is 29.3 Å². The van der Waals surface area contributed by atoms with Crippen molar-refractivity contribution in [1.29, 1.82) is 0 Å². The molecule has 37 heavy (non-hydrogen) atoms. The number of fused-ring (bicyclic) bond motifs is 2. The Hall–Kier alpha value is -4.30. The van der Waals surface area contributed by atoms with Gasteiger partial charge < -0.3 is 29.9 Å². The third-order valence-corrected chi connectivity index (χ3v) is 5.85. The minimum Gasteiger partial charge on any atom is -0.493 e. The number of ether oxygens (including phenoxy) is 2. The minimum absolute atomic E-state index is 0.770. The molecule has 0 amide bonds. The first-order chi connectivity index (χ1) is 17.9. The molecule has 194 valence electrons. The minimum atomic E-state index is -1.82. The number of nitrogens with zero attached hydrogens (tertiary/aromatic N) is 1. The molecule has 0 aliphatic carbocycles. The Bertz CT molecular complexity index is 1180. The average Bonchev–Trinajstić information content (AvgIpc) is 3.07. The van der Waals surface area contributed by atoms with Crippen LogP contribution in [0, 0.1) is 0 Å². The summed E-state index contributed by atoms with van der Waals surface area (Å²) in [4.78, 5) is 20.6. The van der Waals surface area contributed by atoms with Gasteiger partial charge in [0.15, 0.2) is 11.5 Å². The predicted molar refractivity (Wildman–Crippen MR) is 145 cm³/mol. The van der Waals surface area contributed by atoms with Gasteiger partial charge in [0.05, 0.1) is 14.2 Å². The van der Waals surface area contributed by atoms with Crippen LogP contribution in [0.25, 0.3) is 12.2 Å². The Labute approximate surface area is 216 Å². The molecule has 1 aliphatic heterocycles. The van der Waals surface area contributed by atoms with Crippen molar-refractivity contribution in [2.45, 2.75) is 12.8 Å². The Morgan fingerprint density at radius 2 is 1.35 bits per heavy atom. The quantitative estimate of drug-likeness (QED) is 0.284. The van der Waals surface area contributed by atoms with Crippen LogP contribution in [0.1, 0.15) is 23.1 Å². The van der Waals surface area contributed by atoms with Crippen LogP contribution in [0.5, 0.6) is 11.5 Å². The molecule has 1 aliphatic rings. The lowest BCUT2D eigenvalue weighted by atomic mass is 10.1. The first-order valence-corrected chi connectivity index (χ1v) is 12.0. The number of nitrogens with one attached hydrogen (secondary N) is 1. The maximum atomic E-state index is 9.10. The molecule has 0 saturated carbocycles. The van der Waals surface area contributed by atoms with E-state index < -0.39 is 11.9 Å². The zero-order chi connectivity index (χ0) is 26.6. The van der Waals surface area contributed by atoms with Crippen molar-refractivity contribution in [3.8, 4) is 11.5 Å². The number of carboxylic acids is 2. The molecule has 0 saturated heterocycles. The molecule has 0 aromatic heterocycles. The number of methoxy groups -OCH3 is 2. The Balaban J connectivity index is 0.000000568. The molecule has 8 heteroatoms. The van der Waals surface area contributed by atoms with E-state index >= 15 is 0 Å². The van der Waals surface area contributed by atoms with Gasteiger partial charge in [-0.1, -0.05) is 54.6 Å². The molecular weight excluding hydrogens is 472 g/mol. The van der Waals surface area contributed by atoms with E-state index in [1.807, 2.05) is 6.07 Å². The van der Waals surface area contributed by atoms with Gasteiger partial charge in [-0.2, -0.15) is 0 Å². The van der Waals surface area contributed by atoms with E-state index in [0.717, 1.165) is 44.0 Å². The van der Waals surface area contributed by atoms with Gasteiger partial charge in [0.25, 0.3) is 0 Å². The van der Waals surface area contributed by atoms with E-state index in [0.29, 0.717) is 0 Å². The van der Waals surface area contributed by atoms with Crippen molar-refractivity contribution in [3.63, 3.8) is 0 Å². The summed E-state index contributed by atoms with van der Waals surface area (Å²) in [5.41, 5.74) is 6.31. The topological polar surface area (TPSA) is 108 Å². The highest BCUT2D eigenvalue weighted by Crippen LogP contribution is 2.36. The summed E-state index contributed by atoms with van der Waals surface area (Å²) in [6.45, 7) is 2.88. The number of benzene rings is 3. The van der Waals surface area contributed by atoms with Gasteiger partial charge in [0, 0.05) is 17.9 Å². The monoisotopic (exact) mass is 504 g/mol. The number of anilines is 2. The van der Waals surface area contributed by atoms with Crippen molar-refractivity contribution in [3.05, 3.63) is 83.4 Å². The summed E-state index contributed by atoms with van der Waals surface area (Å²) in [7, 11) is 3.34. The van der Waals surface area contributed by atoms with Gasteiger partial charge in [-0.15, -0.1) is 0 Å². The predicted octanol–water partition coefficient (Wildman–Crippen LogP) is 4.70. The molecule has 3 aromatic rings. The standard InChI is InChI=1S/C27H30N2O2.C2H2O4/c1-30-26-15-12-21(20-27(26)31-2)16-18-28-17-7-19-29-24-10-5-3-8-22(24)13-14-23-9-4-6-11-25(23)29;3-1(4)2(5)6/h3-6,8-15,20,28H,7,16-19H2,1-2H3;(H,3,4)(H,5,6). The second-order valence-electron chi connectivity index (χ2n) is 8.26. The molecule has 0 unspecified atom stereocenters. The van der Waals surface area contributed by atoms with Gasteiger partial charge in [-0.3, -0.25) is 0 Å². The molecule has 0 bridgehead atoms. The van der Waals surface area contributed by atoms with Gasteiger partial charge in [-0.25, -0.2) is 9.59 Å². The number of carboxylic acid groups (broad SMARTS) is 2. The smallest absolute Gasteiger partial charge is 0.414 e. The Morgan fingerprint density at radius 3 is 1.89 bits per heavy atom. The van der Waals surface area contributed by atoms with E-state index in [9.17, 15) is 0 Å². The fraction of sp³-hybridized carbons (Fsp3) is 0.241. The van der Waals surface area contributed by atoms with E-state index in [-0.39, 0.29) is 0 Å². The van der Waals surface area contributed by atoms with Crippen LogP contribution in [0.2, 0.25) is 0 Å². The van der Waals surface area contributed by atoms with Crippen LogP contribution in [-0.4, -0.2) is 56.0 Å². The van der Waals surface area contributed by atoms with Crippen LogP contribution in [-0.2, 0) is 16.0 Å². The summed E-state index contributed by atoms with van der Waals surface area (Å²) in [6.07, 6.45) is 6.46. The van der Waals surface area contributed by atoms with Crippen molar-refractivity contribution in [2.75, 3.05) is 38.8 Å². The van der Waals surface area contributed by atoms with Crippen LogP contribution in [0.4, 0.5) is 11.4 Å². The number of para-hydroxylation sites is 2. The molecule has 0 atom stereocenters. The van der Waals surface area contributed by atoms with Crippen molar-refractivity contribution >= 4 is 35.5 Å². The lowest BCUT2D eigenvalue weighted by molar-refractivity contribution is -0.159. The maximum absolute atomic E-state index is 9.10. The number of carbonyl (C=O) groups is 2. The van der Waals surface area contributed by atoms with Gasteiger partial charge in [-0.05, 0) is 66.9 Å². The van der Waals surface area contributed by atoms with Crippen molar-refractivity contribution in [1.82, 2.24) is 5.32 Å². The number of hydrogen-bond donors (Lipinski definition) is 3. The summed E-state index contributed by atoms with van der Waals surface area (Å²) < 4.78 is 10.7. The van der Waals surface area contributed by atoms with Gasteiger partial charge in [0.2, 0.25) is 0 Å². The van der Waals surface area contributed by atoms with Crippen molar-refractivity contribution in [2.24, 2.45) is 0 Å². The zero-order valence-corrected chi connectivity index (χ0v) is 21.0. The molecule has 1 heterocycles. The second kappa shape index (κ2) is 13.7. The highest BCUT2D eigenvalue weighted by molar-refractivity contribution is 6.27. The van der Waals surface area contributed by atoms with E-state index in [2.05, 4.69) is 83.0 Å². The first-order valence-electron chi connectivity index (χ1n) is 12.0. The SMILES string of the molecule is COc1ccc(CCNCCCN2c3ccccc3C=Cc3ccccc32)cc1OC.O=C(O)C(=O)O. The Morgan fingerprint density at radius 1 is 0.784 bits per heavy atom. The third kappa shape index (κ3) is 7.59. The van der Waals surface area contributed by atoms with Crippen LogP contribution in [0.3, 0.4) is 0 Å². The number of hydrogen-bond acceptors (Lipinski definition) is 6. The molecule has 4 rings (SSSR count). The first kappa shape index (κ1) is 27.3.